The standard InChI is InChI=1S/C11H7ClN2O/c12-9-3-1-8(2-4-9)10-7-15-11(14-10)5-6-13/h1-4,7H,5H2. The molecular formula is C11H7ClN2O. The van der Waals surface area contributed by atoms with E-state index < -0.39 is 0 Å². The van der Waals surface area contributed by atoms with Crippen molar-refractivity contribution in [3.8, 4) is 17.3 Å². The molecular weight excluding hydrogens is 212 g/mol. The van der Waals surface area contributed by atoms with Crippen LogP contribution in [0.2, 0.25) is 5.02 Å². The van der Waals surface area contributed by atoms with Gasteiger partial charge in [0, 0.05) is 10.6 Å². The fourth-order valence-electron chi connectivity index (χ4n) is 1.21. The Labute approximate surface area is 91.9 Å². The minimum absolute atomic E-state index is 0.188. The average molecular weight is 219 g/mol. The summed E-state index contributed by atoms with van der Waals surface area (Å²) in [5, 5.41) is 9.15. The van der Waals surface area contributed by atoms with Gasteiger partial charge in [-0.05, 0) is 12.1 Å². The third-order valence-electron chi connectivity index (χ3n) is 1.92. The maximum absolute atomic E-state index is 8.47. The Hall–Kier alpha value is -1.79. The Morgan fingerprint density at radius 1 is 1.33 bits per heavy atom. The van der Waals surface area contributed by atoms with Gasteiger partial charge in [-0.1, -0.05) is 23.7 Å². The molecule has 2 rings (SSSR count). The van der Waals surface area contributed by atoms with Crippen LogP contribution in [0, 0.1) is 11.3 Å². The van der Waals surface area contributed by atoms with Crippen molar-refractivity contribution >= 4 is 11.6 Å². The van der Waals surface area contributed by atoms with E-state index in [2.05, 4.69) is 4.98 Å². The van der Waals surface area contributed by atoms with Crippen molar-refractivity contribution in [2.75, 3.05) is 0 Å². The molecule has 2 aromatic rings. The summed E-state index contributed by atoms with van der Waals surface area (Å²) in [5.41, 5.74) is 1.64. The summed E-state index contributed by atoms with van der Waals surface area (Å²) in [4.78, 5) is 4.17. The van der Waals surface area contributed by atoms with E-state index in [4.69, 9.17) is 21.3 Å². The summed E-state index contributed by atoms with van der Waals surface area (Å²) >= 11 is 5.77. The number of oxazole rings is 1. The van der Waals surface area contributed by atoms with Gasteiger partial charge in [0.25, 0.3) is 0 Å². The highest BCUT2D eigenvalue weighted by Gasteiger charge is 2.05. The summed E-state index contributed by atoms with van der Waals surface area (Å²) in [6.07, 6.45) is 1.73. The Balaban J connectivity index is 2.30. The van der Waals surface area contributed by atoms with E-state index in [0.717, 1.165) is 11.3 Å². The molecule has 0 aliphatic rings. The highest BCUT2D eigenvalue weighted by Crippen LogP contribution is 2.20. The summed E-state index contributed by atoms with van der Waals surface area (Å²) in [5.74, 6) is 0.433. The van der Waals surface area contributed by atoms with Crippen LogP contribution in [-0.4, -0.2) is 4.98 Å². The van der Waals surface area contributed by atoms with Crippen molar-refractivity contribution in [3.63, 3.8) is 0 Å². The zero-order valence-electron chi connectivity index (χ0n) is 7.77. The zero-order chi connectivity index (χ0) is 10.7. The van der Waals surface area contributed by atoms with Gasteiger partial charge in [-0.15, -0.1) is 0 Å². The third kappa shape index (κ3) is 2.17. The molecule has 0 fully saturated rings. The fourth-order valence-corrected chi connectivity index (χ4v) is 1.34. The Bertz CT molecular complexity index is 496. The minimum Gasteiger partial charge on any atom is -0.447 e. The van der Waals surface area contributed by atoms with E-state index in [0.29, 0.717) is 10.9 Å². The molecule has 0 saturated carbocycles. The molecule has 0 amide bonds. The van der Waals surface area contributed by atoms with Crippen LogP contribution in [0.1, 0.15) is 5.89 Å². The molecule has 0 aliphatic carbocycles. The second kappa shape index (κ2) is 4.16. The van der Waals surface area contributed by atoms with Crippen LogP contribution in [0.4, 0.5) is 0 Å². The van der Waals surface area contributed by atoms with Crippen LogP contribution in [0.5, 0.6) is 0 Å². The number of aromatic nitrogens is 1. The van der Waals surface area contributed by atoms with Gasteiger partial charge < -0.3 is 4.42 Å². The number of benzene rings is 1. The van der Waals surface area contributed by atoms with Crippen molar-refractivity contribution in [2.24, 2.45) is 0 Å². The fraction of sp³-hybridized carbons (Fsp3) is 0.0909. The average Bonchev–Trinajstić information content (AvgIpc) is 2.68. The van der Waals surface area contributed by atoms with Gasteiger partial charge in [-0.2, -0.15) is 5.26 Å². The second-order valence-electron chi connectivity index (χ2n) is 2.97. The third-order valence-corrected chi connectivity index (χ3v) is 2.17. The molecule has 0 atom stereocenters. The molecule has 0 unspecified atom stereocenters. The molecule has 1 aromatic carbocycles. The number of hydrogen-bond donors (Lipinski definition) is 0. The topological polar surface area (TPSA) is 49.8 Å². The lowest BCUT2D eigenvalue weighted by atomic mass is 10.2. The monoisotopic (exact) mass is 218 g/mol. The molecule has 0 radical (unpaired) electrons. The summed E-state index contributed by atoms with van der Waals surface area (Å²) in [6.45, 7) is 0. The molecule has 1 heterocycles. The van der Waals surface area contributed by atoms with Crippen LogP contribution in [0.25, 0.3) is 11.3 Å². The first-order valence-corrected chi connectivity index (χ1v) is 4.74. The van der Waals surface area contributed by atoms with Gasteiger partial charge >= 0.3 is 0 Å². The normalized spacial score (nSPS) is 9.87. The highest BCUT2D eigenvalue weighted by atomic mass is 35.5. The lowest BCUT2D eigenvalue weighted by Crippen LogP contribution is -1.81. The first-order valence-electron chi connectivity index (χ1n) is 4.37. The van der Waals surface area contributed by atoms with Gasteiger partial charge in [0.15, 0.2) is 0 Å². The smallest absolute Gasteiger partial charge is 0.208 e. The second-order valence-corrected chi connectivity index (χ2v) is 3.40. The Kier molecular flexibility index (Phi) is 2.70. The van der Waals surface area contributed by atoms with E-state index in [9.17, 15) is 0 Å². The molecule has 74 valence electrons. The molecule has 0 saturated heterocycles. The van der Waals surface area contributed by atoms with Gasteiger partial charge in [0.1, 0.15) is 18.4 Å². The van der Waals surface area contributed by atoms with Crippen LogP contribution >= 0.6 is 11.6 Å². The number of rotatable bonds is 2. The van der Waals surface area contributed by atoms with E-state index in [-0.39, 0.29) is 6.42 Å². The minimum atomic E-state index is 0.188. The van der Waals surface area contributed by atoms with Crippen molar-refractivity contribution in [1.82, 2.24) is 4.98 Å². The first-order chi connectivity index (χ1) is 7.29. The van der Waals surface area contributed by atoms with Crippen molar-refractivity contribution in [2.45, 2.75) is 6.42 Å². The van der Waals surface area contributed by atoms with Crippen molar-refractivity contribution in [1.29, 1.82) is 5.26 Å². The Morgan fingerprint density at radius 3 is 2.73 bits per heavy atom. The maximum atomic E-state index is 8.47. The molecule has 0 aliphatic heterocycles. The maximum Gasteiger partial charge on any atom is 0.208 e. The van der Waals surface area contributed by atoms with Crippen LogP contribution in [-0.2, 0) is 6.42 Å². The molecule has 0 bridgehead atoms. The SMILES string of the molecule is N#CCc1nc(-c2ccc(Cl)cc2)co1. The molecule has 0 spiro atoms. The summed E-state index contributed by atoms with van der Waals surface area (Å²) in [6, 6.07) is 9.27. The van der Waals surface area contributed by atoms with Crippen LogP contribution < -0.4 is 0 Å². The largest absolute Gasteiger partial charge is 0.447 e. The van der Waals surface area contributed by atoms with Crippen LogP contribution in [0.15, 0.2) is 34.9 Å². The zero-order valence-corrected chi connectivity index (χ0v) is 8.53. The van der Waals surface area contributed by atoms with Gasteiger partial charge in [-0.3, -0.25) is 0 Å². The van der Waals surface area contributed by atoms with Gasteiger partial charge in [0.2, 0.25) is 5.89 Å². The predicted octanol–water partition coefficient (Wildman–Crippen LogP) is 3.06. The van der Waals surface area contributed by atoms with E-state index >= 15 is 0 Å². The van der Waals surface area contributed by atoms with Gasteiger partial charge in [0.05, 0.1) is 6.07 Å². The Morgan fingerprint density at radius 2 is 2.07 bits per heavy atom. The highest BCUT2D eigenvalue weighted by molar-refractivity contribution is 6.30. The molecule has 1 aromatic heterocycles. The number of halogens is 1. The lowest BCUT2D eigenvalue weighted by molar-refractivity contribution is 0.511. The molecule has 4 heteroatoms. The molecule has 15 heavy (non-hydrogen) atoms. The van der Waals surface area contributed by atoms with Crippen molar-refractivity contribution in [3.05, 3.63) is 41.4 Å². The molecule has 3 nitrogen and oxygen atoms in total. The molecule has 0 N–H and O–H groups in total. The number of nitriles is 1. The lowest BCUT2D eigenvalue weighted by Gasteiger charge is -1.94. The van der Waals surface area contributed by atoms with E-state index in [1.165, 1.54) is 6.26 Å². The number of hydrogen-bond acceptors (Lipinski definition) is 3. The van der Waals surface area contributed by atoms with Crippen LogP contribution in [0.3, 0.4) is 0 Å². The predicted molar refractivity (Wildman–Crippen MR) is 56.3 cm³/mol. The van der Waals surface area contributed by atoms with Gasteiger partial charge in [-0.25, -0.2) is 4.98 Å². The quantitative estimate of drug-likeness (QED) is 0.779. The first kappa shape index (κ1) is 9.75. The summed E-state index contributed by atoms with van der Waals surface area (Å²) < 4.78 is 5.12. The van der Waals surface area contributed by atoms with Crippen molar-refractivity contribution < 1.29 is 4.42 Å². The number of nitrogens with zero attached hydrogens (tertiary/aromatic N) is 2. The van der Waals surface area contributed by atoms with E-state index in [1.807, 2.05) is 18.2 Å². The summed E-state index contributed by atoms with van der Waals surface area (Å²) in [7, 11) is 0. The van der Waals surface area contributed by atoms with E-state index in [1.54, 1.807) is 12.1 Å².